The van der Waals surface area contributed by atoms with Crippen molar-refractivity contribution in [2.75, 3.05) is 13.1 Å². The summed E-state index contributed by atoms with van der Waals surface area (Å²) in [7, 11) is 1.98. The lowest BCUT2D eigenvalue weighted by Gasteiger charge is -2.25. The van der Waals surface area contributed by atoms with Crippen molar-refractivity contribution < 1.29 is 4.79 Å². The largest absolute Gasteiger partial charge is 0.337 e. The fourth-order valence-corrected chi connectivity index (χ4v) is 4.87. The number of rotatable bonds is 4. The lowest BCUT2D eigenvalue weighted by Crippen LogP contribution is -2.36. The van der Waals surface area contributed by atoms with Gasteiger partial charge in [-0.2, -0.15) is 5.10 Å². The van der Waals surface area contributed by atoms with Crippen LogP contribution < -0.4 is 5.32 Å². The Labute approximate surface area is 159 Å². The van der Waals surface area contributed by atoms with Crippen molar-refractivity contribution >= 4 is 17.2 Å². The number of carbonyl (C=O) groups excluding carboxylic acids is 1. The molecule has 0 radical (unpaired) electrons. The van der Waals surface area contributed by atoms with Gasteiger partial charge >= 0.3 is 0 Å². The predicted molar refractivity (Wildman–Crippen MR) is 105 cm³/mol. The Balaban J connectivity index is 1.49. The van der Waals surface area contributed by atoms with Gasteiger partial charge in [0.05, 0.1) is 0 Å². The zero-order chi connectivity index (χ0) is 17.9. The van der Waals surface area contributed by atoms with Gasteiger partial charge < -0.3 is 10.2 Å². The highest BCUT2D eigenvalue weighted by Crippen LogP contribution is 2.26. The summed E-state index contributed by atoms with van der Waals surface area (Å²) in [5, 5.41) is 10.4. The van der Waals surface area contributed by atoms with Crippen LogP contribution in [0.2, 0.25) is 0 Å². The highest BCUT2D eigenvalue weighted by atomic mass is 32.1. The Bertz CT molecular complexity index is 744. The van der Waals surface area contributed by atoms with E-state index in [4.69, 9.17) is 0 Å². The van der Waals surface area contributed by atoms with Crippen LogP contribution in [0.4, 0.5) is 0 Å². The summed E-state index contributed by atoms with van der Waals surface area (Å²) in [6.45, 7) is 2.67. The van der Waals surface area contributed by atoms with E-state index >= 15 is 0 Å². The van der Waals surface area contributed by atoms with E-state index in [9.17, 15) is 4.79 Å². The van der Waals surface area contributed by atoms with Crippen LogP contribution in [0.3, 0.4) is 0 Å². The fourth-order valence-electron chi connectivity index (χ4n) is 4.22. The minimum absolute atomic E-state index is 0.141. The van der Waals surface area contributed by atoms with E-state index in [1.54, 1.807) is 11.3 Å². The topological polar surface area (TPSA) is 50.2 Å². The molecule has 1 aliphatic carbocycles. The first-order valence-electron chi connectivity index (χ1n) is 9.82. The van der Waals surface area contributed by atoms with Gasteiger partial charge in [0.25, 0.3) is 5.91 Å². The lowest BCUT2D eigenvalue weighted by molar-refractivity contribution is 0.0753. The van der Waals surface area contributed by atoms with Crippen molar-refractivity contribution in [3.05, 3.63) is 39.3 Å². The van der Waals surface area contributed by atoms with E-state index in [0.29, 0.717) is 11.7 Å². The maximum absolute atomic E-state index is 13.1. The Morgan fingerprint density at radius 1 is 1.31 bits per heavy atom. The van der Waals surface area contributed by atoms with E-state index in [-0.39, 0.29) is 5.91 Å². The normalized spacial score (nSPS) is 20.7. The molecule has 4 rings (SSSR count). The van der Waals surface area contributed by atoms with Crippen molar-refractivity contribution in [1.29, 1.82) is 0 Å². The summed E-state index contributed by atoms with van der Waals surface area (Å²) in [6.07, 6.45) is 7.71. The molecule has 0 spiro atoms. The van der Waals surface area contributed by atoms with E-state index in [1.165, 1.54) is 29.0 Å². The third-order valence-electron chi connectivity index (χ3n) is 5.70. The molecule has 0 saturated carbocycles. The summed E-state index contributed by atoms with van der Waals surface area (Å²) in [6, 6.07) is 4.69. The Morgan fingerprint density at radius 3 is 2.85 bits per heavy atom. The molecule has 2 aliphatic rings. The van der Waals surface area contributed by atoms with E-state index < -0.39 is 0 Å². The third-order valence-corrected chi connectivity index (χ3v) is 6.57. The molecule has 5 nitrogen and oxygen atoms in total. The number of aromatic nitrogens is 2. The van der Waals surface area contributed by atoms with Crippen molar-refractivity contribution in [3.63, 3.8) is 0 Å². The fraction of sp³-hybridized carbons (Fsp3) is 0.600. The number of nitrogens with zero attached hydrogens (tertiary/aromatic N) is 3. The number of carbonyl (C=O) groups is 1. The molecule has 0 aromatic carbocycles. The summed E-state index contributed by atoms with van der Waals surface area (Å²) in [5.74, 6) is 0.141. The van der Waals surface area contributed by atoms with Crippen LogP contribution in [0.15, 0.2) is 17.5 Å². The first-order chi connectivity index (χ1) is 12.7. The monoisotopic (exact) mass is 372 g/mol. The minimum Gasteiger partial charge on any atom is -0.337 e. The molecular formula is C20H28N4OS. The van der Waals surface area contributed by atoms with Crippen molar-refractivity contribution in [2.24, 2.45) is 7.05 Å². The minimum atomic E-state index is 0.141. The Kier molecular flexibility index (Phi) is 5.41. The zero-order valence-corrected chi connectivity index (χ0v) is 16.4. The average molecular weight is 373 g/mol. The second kappa shape index (κ2) is 7.92. The van der Waals surface area contributed by atoms with Crippen molar-refractivity contribution in [1.82, 2.24) is 20.0 Å². The molecule has 1 aliphatic heterocycles. The number of hydrogen-bond donors (Lipinski definition) is 1. The van der Waals surface area contributed by atoms with Gasteiger partial charge in [0, 0.05) is 48.9 Å². The molecule has 1 N–H and O–H groups in total. The number of nitrogens with one attached hydrogen (secondary N) is 1. The van der Waals surface area contributed by atoms with Crippen LogP contribution in [0.1, 0.15) is 58.7 Å². The van der Waals surface area contributed by atoms with Crippen molar-refractivity contribution in [2.45, 2.75) is 57.5 Å². The van der Waals surface area contributed by atoms with Gasteiger partial charge in [-0.15, -0.1) is 11.3 Å². The van der Waals surface area contributed by atoms with Gasteiger partial charge in [-0.3, -0.25) is 9.48 Å². The number of amides is 1. The molecule has 0 unspecified atom stereocenters. The quantitative estimate of drug-likeness (QED) is 0.897. The number of hydrogen-bond acceptors (Lipinski definition) is 4. The molecule has 1 atom stereocenters. The van der Waals surface area contributed by atoms with Crippen LogP contribution in [-0.2, 0) is 26.4 Å². The summed E-state index contributed by atoms with van der Waals surface area (Å²) in [5.41, 5.74) is 3.13. The first-order valence-corrected chi connectivity index (χ1v) is 10.7. The van der Waals surface area contributed by atoms with Gasteiger partial charge in [0.1, 0.15) is 0 Å². The molecule has 3 heterocycles. The maximum Gasteiger partial charge on any atom is 0.274 e. The van der Waals surface area contributed by atoms with Gasteiger partial charge in [0.2, 0.25) is 0 Å². The molecule has 140 valence electrons. The highest BCUT2D eigenvalue weighted by molar-refractivity contribution is 7.09. The highest BCUT2D eigenvalue weighted by Gasteiger charge is 2.30. The summed E-state index contributed by atoms with van der Waals surface area (Å²) >= 11 is 1.79. The standard InChI is InChI=1S/C20H28N4OS/c1-23-18-9-8-15(21-14-16-7-6-12-26-16)13-17(18)19(22-23)20(25)24-10-4-2-3-5-11-24/h6-7,12,15,21H,2-5,8-11,13-14H2,1H3/t15-/m1/s1. The smallest absolute Gasteiger partial charge is 0.274 e. The lowest BCUT2D eigenvalue weighted by atomic mass is 9.91. The molecule has 2 aromatic heterocycles. The molecule has 26 heavy (non-hydrogen) atoms. The third kappa shape index (κ3) is 3.71. The Hall–Kier alpha value is -1.66. The number of fused-ring (bicyclic) bond motifs is 1. The first kappa shape index (κ1) is 17.7. The van der Waals surface area contributed by atoms with Gasteiger partial charge in [-0.05, 0) is 43.6 Å². The van der Waals surface area contributed by atoms with Gasteiger partial charge in [0.15, 0.2) is 5.69 Å². The summed E-state index contributed by atoms with van der Waals surface area (Å²) in [4.78, 5) is 16.5. The molecular weight excluding hydrogens is 344 g/mol. The second-order valence-electron chi connectivity index (χ2n) is 7.50. The van der Waals surface area contributed by atoms with Gasteiger partial charge in [-0.25, -0.2) is 0 Å². The SMILES string of the molecule is Cn1nc(C(=O)N2CCCCCC2)c2c1CC[C@@H](NCc1cccs1)C2. The Morgan fingerprint density at radius 2 is 2.12 bits per heavy atom. The number of aryl methyl sites for hydroxylation is 1. The van der Waals surface area contributed by atoms with Crippen LogP contribution in [0.25, 0.3) is 0 Å². The van der Waals surface area contributed by atoms with Crippen LogP contribution in [-0.4, -0.2) is 39.7 Å². The zero-order valence-electron chi connectivity index (χ0n) is 15.5. The maximum atomic E-state index is 13.1. The molecule has 6 heteroatoms. The number of thiophene rings is 1. The number of likely N-dealkylation sites (tertiary alicyclic amines) is 1. The molecule has 1 fully saturated rings. The van der Waals surface area contributed by atoms with E-state index in [1.807, 2.05) is 16.6 Å². The van der Waals surface area contributed by atoms with Crippen LogP contribution in [0, 0.1) is 0 Å². The van der Waals surface area contributed by atoms with E-state index in [2.05, 4.69) is 27.9 Å². The molecule has 0 bridgehead atoms. The second-order valence-corrected chi connectivity index (χ2v) is 8.54. The van der Waals surface area contributed by atoms with Crippen LogP contribution in [0.5, 0.6) is 0 Å². The van der Waals surface area contributed by atoms with Crippen molar-refractivity contribution in [3.8, 4) is 0 Å². The molecule has 1 amide bonds. The summed E-state index contributed by atoms with van der Waals surface area (Å²) < 4.78 is 1.94. The predicted octanol–water partition coefficient (Wildman–Crippen LogP) is 3.14. The van der Waals surface area contributed by atoms with Gasteiger partial charge in [-0.1, -0.05) is 18.9 Å². The van der Waals surface area contributed by atoms with E-state index in [0.717, 1.165) is 51.7 Å². The molecule has 1 saturated heterocycles. The average Bonchev–Trinajstić information content (AvgIpc) is 3.19. The molecule has 2 aromatic rings. The van der Waals surface area contributed by atoms with Crippen LogP contribution >= 0.6 is 11.3 Å².